The highest BCUT2D eigenvalue weighted by atomic mass is 35.5. The Hall–Kier alpha value is -1.45. The minimum absolute atomic E-state index is 0.332. The lowest BCUT2D eigenvalue weighted by Gasteiger charge is -2.14. The summed E-state index contributed by atoms with van der Waals surface area (Å²) < 4.78 is 12.9. The third-order valence-electron chi connectivity index (χ3n) is 2.59. The topological polar surface area (TPSA) is 38.9 Å². The maximum atomic E-state index is 12.9. The lowest BCUT2D eigenvalue weighted by molar-refractivity contribution is 0.626. The quantitative estimate of drug-likeness (QED) is 0.889. The van der Waals surface area contributed by atoms with Crippen molar-refractivity contribution >= 4 is 11.6 Å². The van der Waals surface area contributed by atoms with Gasteiger partial charge in [-0.2, -0.15) is 0 Å². The molecule has 1 unspecified atom stereocenters. The van der Waals surface area contributed by atoms with Gasteiger partial charge < -0.3 is 5.73 Å². The molecule has 0 aliphatic heterocycles. The van der Waals surface area contributed by atoms with E-state index in [1.54, 1.807) is 12.3 Å². The summed E-state index contributed by atoms with van der Waals surface area (Å²) in [7, 11) is 0. The van der Waals surface area contributed by atoms with Gasteiger partial charge in [0, 0.05) is 16.9 Å². The molecule has 0 fully saturated rings. The number of halogens is 2. The van der Waals surface area contributed by atoms with Crippen LogP contribution in [0.5, 0.6) is 0 Å². The molecule has 0 amide bonds. The van der Waals surface area contributed by atoms with Crippen LogP contribution in [0, 0.1) is 12.7 Å². The third-order valence-corrected chi connectivity index (χ3v) is 2.92. The molecule has 0 aliphatic carbocycles. The summed E-state index contributed by atoms with van der Waals surface area (Å²) in [5.41, 5.74) is 8.54. The van der Waals surface area contributed by atoms with Crippen LogP contribution in [0.25, 0.3) is 0 Å². The fraction of sp³-hybridized carbons (Fsp3) is 0.154. The second-order valence-corrected chi connectivity index (χ2v) is 4.28. The molecule has 0 spiro atoms. The van der Waals surface area contributed by atoms with Crippen LogP contribution >= 0.6 is 11.6 Å². The molecule has 0 radical (unpaired) electrons. The van der Waals surface area contributed by atoms with Crippen LogP contribution in [0.4, 0.5) is 4.39 Å². The van der Waals surface area contributed by atoms with Gasteiger partial charge in [-0.05, 0) is 36.2 Å². The van der Waals surface area contributed by atoms with Crippen LogP contribution in [-0.4, -0.2) is 4.98 Å². The smallest absolute Gasteiger partial charge is 0.124 e. The average Bonchev–Trinajstić information content (AvgIpc) is 2.29. The first-order valence-electron chi connectivity index (χ1n) is 5.21. The zero-order chi connectivity index (χ0) is 12.4. The minimum atomic E-state index is -0.392. The molecular formula is C13H12ClFN2. The van der Waals surface area contributed by atoms with Crippen molar-refractivity contribution in [1.82, 2.24) is 4.98 Å². The number of nitrogens with zero attached hydrogens (tertiary/aromatic N) is 1. The number of pyridine rings is 1. The molecule has 0 saturated heterocycles. The first-order valence-corrected chi connectivity index (χ1v) is 5.59. The van der Waals surface area contributed by atoms with E-state index in [0.29, 0.717) is 10.6 Å². The summed E-state index contributed by atoms with van der Waals surface area (Å²) in [5.74, 6) is -0.368. The number of nitrogens with two attached hydrogens (primary N) is 1. The lowest BCUT2D eigenvalue weighted by atomic mass is 10.0. The van der Waals surface area contributed by atoms with E-state index < -0.39 is 6.04 Å². The Bertz CT molecular complexity index is 525. The van der Waals surface area contributed by atoms with Gasteiger partial charge in [0.15, 0.2) is 0 Å². The monoisotopic (exact) mass is 250 g/mol. The summed E-state index contributed by atoms with van der Waals surface area (Å²) in [4.78, 5) is 4.18. The zero-order valence-electron chi connectivity index (χ0n) is 9.32. The molecule has 1 atom stereocenters. The number of hydrogen-bond donors (Lipinski definition) is 1. The molecule has 2 nitrogen and oxygen atoms in total. The minimum Gasteiger partial charge on any atom is -0.320 e. The van der Waals surface area contributed by atoms with Crippen LogP contribution in [0.15, 0.2) is 36.5 Å². The van der Waals surface area contributed by atoms with Crippen LogP contribution in [0.3, 0.4) is 0 Å². The number of aromatic nitrogens is 1. The van der Waals surface area contributed by atoms with Crippen molar-refractivity contribution in [1.29, 1.82) is 0 Å². The first kappa shape index (κ1) is 12.0. The zero-order valence-corrected chi connectivity index (χ0v) is 10.1. The van der Waals surface area contributed by atoms with Crippen molar-refractivity contribution in [2.75, 3.05) is 0 Å². The molecule has 1 aromatic carbocycles. The summed E-state index contributed by atoms with van der Waals surface area (Å²) >= 11 is 5.97. The van der Waals surface area contributed by atoms with Crippen LogP contribution in [-0.2, 0) is 0 Å². The van der Waals surface area contributed by atoms with Crippen molar-refractivity contribution in [2.45, 2.75) is 13.0 Å². The van der Waals surface area contributed by atoms with Gasteiger partial charge in [0.1, 0.15) is 5.82 Å². The van der Waals surface area contributed by atoms with Gasteiger partial charge in [-0.25, -0.2) is 4.39 Å². The summed E-state index contributed by atoms with van der Waals surface area (Å²) in [6.45, 7) is 1.90. The van der Waals surface area contributed by atoms with Gasteiger partial charge in [-0.15, -0.1) is 0 Å². The molecule has 2 rings (SSSR count). The van der Waals surface area contributed by atoms with Gasteiger partial charge in [-0.1, -0.05) is 23.7 Å². The SMILES string of the molecule is Cc1ccc(C(N)c2ccc(F)cc2Cl)cn1. The van der Waals surface area contributed by atoms with Crippen molar-refractivity contribution in [3.05, 3.63) is 64.2 Å². The molecule has 0 aliphatic rings. The van der Waals surface area contributed by atoms with Gasteiger partial charge in [0.05, 0.1) is 6.04 Å². The number of benzene rings is 1. The number of aryl methyl sites for hydroxylation is 1. The van der Waals surface area contributed by atoms with Gasteiger partial charge >= 0.3 is 0 Å². The molecule has 88 valence electrons. The highest BCUT2D eigenvalue weighted by Crippen LogP contribution is 2.26. The first-order chi connectivity index (χ1) is 8.08. The van der Waals surface area contributed by atoms with Gasteiger partial charge in [0.25, 0.3) is 0 Å². The Morgan fingerprint density at radius 3 is 2.65 bits per heavy atom. The Labute approximate surface area is 104 Å². The highest BCUT2D eigenvalue weighted by Gasteiger charge is 2.13. The maximum absolute atomic E-state index is 12.9. The third kappa shape index (κ3) is 2.62. The molecule has 1 heterocycles. The summed E-state index contributed by atoms with van der Waals surface area (Å²) in [6.07, 6.45) is 1.71. The Morgan fingerprint density at radius 1 is 1.29 bits per heavy atom. The van der Waals surface area contributed by atoms with E-state index in [2.05, 4.69) is 4.98 Å². The summed E-state index contributed by atoms with van der Waals surface area (Å²) in [5, 5.41) is 0.332. The van der Waals surface area contributed by atoms with Crippen molar-refractivity contribution in [3.63, 3.8) is 0 Å². The second-order valence-electron chi connectivity index (χ2n) is 3.88. The predicted octanol–water partition coefficient (Wildman–Crippen LogP) is 3.23. The molecule has 2 aromatic rings. The Balaban J connectivity index is 2.36. The van der Waals surface area contributed by atoms with Gasteiger partial charge in [0.2, 0.25) is 0 Å². The van der Waals surface area contributed by atoms with E-state index in [-0.39, 0.29) is 5.82 Å². The molecule has 17 heavy (non-hydrogen) atoms. The molecule has 0 bridgehead atoms. The maximum Gasteiger partial charge on any atom is 0.124 e. The second kappa shape index (κ2) is 4.82. The fourth-order valence-corrected chi connectivity index (χ4v) is 1.88. The van der Waals surface area contributed by atoms with Gasteiger partial charge in [-0.3, -0.25) is 4.98 Å². The summed E-state index contributed by atoms with van der Waals surface area (Å²) in [6, 6.07) is 7.60. The molecule has 0 saturated carbocycles. The average molecular weight is 251 g/mol. The Morgan fingerprint density at radius 2 is 2.06 bits per heavy atom. The lowest BCUT2D eigenvalue weighted by Crippen LogP contribution is -2.12. The molecule has 4 heteroatoms. The normalized spacial score (nSPS) is 12.5. The largest absolute Gasteiger partial charge is 0.320 e. The van der Waals surface area contributed by atoms with E-state index in [4.69, 9.17) is 17.3 Å². The standard InChI is InChI=1S/C13H12ClFN2/c1-8-2-3-9(7-17-8)13(16)11-5-4-10(15)6-12(11)14/h2-7,13H,16H2,1H3. The van der Waals surface area contributed by atoms with E-state index in [1.807, 2.05) is 19.1 Å². The van der Waals surface area contributed by atoms with E-state index in [9.17, 15) is 4.39 Å². The van der Waals surface area contributed by atoms with Crippen LogP contribution in [0.1, 0.15) is 22.9 Å². The molecule has 2 N–H and O–H groups in total. The highest BCUT2D eigenvalue weighted by molar-refractivity contribution is 6.31. The predicted molar refractivity (Wildman–Crippen MR) is 66.4 cm³/mol. The van der Waals surface area contributed by atoms with E-state index in [1.165, 1.54) is 12.1 Å². The fourth-order valence-electron chi connectivity index (χ4n) is 1.60. The van der Waals surface area contributed by atoms with Crippen molar-refractivity contribution in [2.24, 2.45) is 5.73 Å². The Kier molecular flexibility index (Phi) is 3.41. The van der Waals surface area contributed by atoms with E-state index >= 15 is 0 Å². The van der Waals surface area contributed by atoms with Crippen molar-refractivity contribution < 1.29 is 4.39 Å². The van der Waals surface area contributed by atoms with Crippen LogP contribution in [0.2, 0.25) is 5.02 Å². The van der Waals surface area contributed by atoms with E-state index in [0.717, 1.165) is 11.3 Å². The molecular weight excluding hydrogens is 239 g/mol. The molecule has 1 aromatic heterocycles. The number of rotatable bonds is 2. The van der Waals surface area contributed by atoms with Crippen LogP contribution < -0.4 is 5.73 Å². The van der Waals surface area contributed by atoms with Crippen molar-refractivity contribution in [3.8, 4) is 0 Å². The number of hydrogen-bond acceptors (Lipinski definition) is 2.